The number of benzene rings is 1. The Morgan fingerprint density at radius 3 is 2.41 bits per heavy atom. The molecule has 0 spiro atoms. The number of rotatable bonds is 10. The summed E-state index contributed by atoms with van der Waals surface area (Å²) in [5.41, 5.74) is 3.19. The van der Waals surface area contributed by atoms with Crippen LogP contribution in [0.3, 0.4) is 0 Å². The number of ether oxygens (including phenoxy) is 1. The molecule has 7 nitrogen and oxygen atoms in total. The van der Waals surface area contributed by atoms with E-state index in [9.17, 15) is 9.00 Å². The van der Waals surface area contributed by atoms with E-state index in [2.05, 4.69) is 25.8 Å². The van der Waals surface area contributed by atoms with Crippen LogP contribution in [0.25, 0.3) is 0 Å². The number of hydrogen-bond acceptors (Lipinski definition) is 5. The van der Waals surface area contributed by atoms with E-state index < -0.39 is 11.0 Å². The van der Waals surface area contributed by atoms with Gasteiger partial charge in [0.05, 0.1) is 11.5 Å². The van der Waals surface area contributed by atoms with E-state index in [4.69, 9.17) is 4.74 Å². The van der Waals surface area contributed by atoms with Crippen molar-refractivity contribution in [1.29, 1.82) is 0 Å². The monoisotopic (exact) mass is 550 g/mol. The lowest BCUT2D eigenvalue weighted by Crippen LogP contribution is -2.40. The summed E-state index contributed by atoms with van der Waals surface area (Å²) in [5, 5.41) is 0. The van der Waals surface area contributed by atoms with Crippen LogP contribution in [0.5, 0.6) is 0 Å². The molecule has 0 N–H and O–H groups in total. The third-order valence-corrected chi connectivity index (χ3v) is 8.46. The van der Waals surface area contributed by atoms with Crippen LogP contribution in [-0.4, -0.2) is 77.8 Å². The summed E-state index contributed by atoms with van der Waals surface area (Å²) < 4.78 is 21.3. The first-order valence-electron chi connectivity index (χ1n) is 11.6. The van der Waals surface area contributed by atoms with Crippen LogP contribution in [0.1, 0.15) is 24.0 Å². The molecule has 1 aromatic heterocycles. The van der Waals surface area contributed by atoms with Crippen molar-refractivity contribution in [3.05, 3.63) is 52.3 Å². The highest BCUT2D eigenvalue weighted by Crippen LogP contribution is 2.25. The molecule has 1 aliphatic heterocycles. The van der Waals surface area contributed by atoms with E-state index in [0.29, 0.717) is 19.1 Å². The lowest BCUT2D eigenvalue weighted by molar-refractivity contribution is -0.135. The maximum absolute atomic E-state index is 13.0. The molecule has 1 aliphatic rings. The van der Waals surface area contributed by atoms with E-state index in [1.54, 1.807) is 9.21 Å². The summed E-state index contributed by atoms with van der Waals surface area (Å²) in [6.45, 7) is 7.54. The van der Waals surface area contributed by atoms with Crippen molar-refractivity contribution in [3.63, 3.8) is 0 Å². The van der Waals surface area contributed by atoms with E-state index in [1.165, 1.54) is 5.69 Å². The van der Waals surface area contributed by atoms with Gasteiger partial charge in [0, 0.05) is 62.8 Å². The fourth-order valence-electron chi connectivity index (χ4n) is 4.29. The maximum Gasteiger partial charge on any atom is 0.248 e. The standard InChI is InChI=1S/C25H35BrN4O3S/c1-19-15-22(26)16-20(2)25(19)34(32)29(4)13-14-33-18-24(31)28(3)17-21-7-11-30(12-8-21)23-5-9-27-10-6-23/h5-6,9-10,15-16,21H,7-8,11-14,17-18H2,1-4H3. The molecule has 34 heavy (non-hydrogen) atoms. The third kappa shape index (κ3) is 7.34. The zero-order valence-corrected chi connectivity index (χ0v) is 22.9. The van der Waals surface area contributed by atoms with Crippen molar-refractivity contribution in [2.75, 3.05) is 58.4 Å². The van der Waals surface area contributed by atoms with Crippen LogP contribution in [0.4, 0.5) is 5.69 Å². The van der Waals surface area contributed by atoms with Gasteiger partial charge in [-0.2, -0.15) is 0 Å². The van der Waals surface area contributed by atoms with Crippen molar-refractivity contribution in [2.45, 2.75) is 31.6 Å². The largest absolute Gasteiger partial charge is 0.371 e. The molecule has 1 fully saturated rings. The van der Waals surface area contributed by atoms with Gasteiger partial charge >= 0.3 is 0 Å². The van der Waals surface area contributed by atoms with Gasteiger partial charge < -0.3 is 14.5 Å². The van der Waals surface area contributed by atoms with Gasteiger partial charge in [-0.25, -0.2) is 8.51 Å². The first kappa shape index (κ1) is 26.8. The lowest BCUT2D eigenvalue weighted by Gasteiger charge is -2.35. The number of halogens is 1. The molecule has 186 valence electrons. The molecule has 0 bridgehead atoms. The van der Waals surface area contributed by atoms with Crippen LogP contribution in [-0.2, 0) is 20.5 Å². The number of hydrogen-bond donors (Lipinski definition) is 0. The first-order chi connectivity index (χ1) is 16.3. The van der Waals surface area contributed by atoms with Gasteiger partial charge in [0.25, 0.3) is 0 Å². The van der Waals surface area contributed by atoms with Gasteiger partial charge in [0.1, 0.15) is 17.6 Å². The Morgan fingerprint density at radius 2 is 1.79 bits per heavy atom. The second kappa shape index (κ2) is 12.8. The molecule has 1 unspecified atom stereocenters. The highest BCUT2D eigenvalue weighted by molar-refractivity contribution is 9.10. The highest BCUT2D eigenvalue weighted by Gasteiger charge is 2.22. The average Bonchev–Trinajstić information content (AvgIpc) is 2.81. The van der Waals surface area contributed by atoms with Crippen molar-refractivity contribution in [3.8, 4) is 0 Å². The summed E-state index contributed by atoms with van der Waals surface area (Å²) in [4.78, 5) is 21.6. The molecule has 9 heteroatoms. The van der Waals surface area contributed by atoms with Gasteiger partial charge in [0.15, 0.2) is 0 Å². The Kier molecular flexibility index (Phi) is 10.1. The van der Waals surface area contributed by atoms with Gasteiger partial charge in [-0.05, 0) is 68.0 Å². The van der Waals surface area contributed by atoms with Crippen molar-refractivity contribution in [2.24, 2.45) is 5.92 Å². The average molecular weight is 552 g/mol. The Bertz CT molecular complexity index is 960. The van der Waals surface area contributed by atoms with Crippen LogP contribution in [0.15, 0.2) is 46.0 Å². The predicted molar refractivity (Wildman–Crippen MR) is 140 cm³/mol. The molecule has 0 radical (unpaired) electrons. The SMILES string of the molecule is Cc1cc(Br)cc(C)c1S(=O)N(C)CCOCC(=O)N(C)CC1CCN(c2ccncc2)CC1. The molecule has 2 heterocycles. The molecule has 0 aliphatic carbocycles. The van der Waals surface area contributed by atoms with E-state index in [-0.39, 0.29) is 12.5 Å². The molecule has 1 saturated heterocycles. The fourth-order valence-corrected chi connectivity index (χ4v) is 6.20. The minimum atomic E-state index is -1.27. The Morgan fingerprint density at radius 1 is 1.18 bits per heavy atom. The minimum absolute atomic E-state index is 0.0139. The van der Waals surface area contributed by atoms with Crippen LogP contribution in [0.2, 0.25) is 0 Å². The Hall–Kier alpha value is -1.81. The highest BCUT2D eigenvalue weighted by atomic mass is 79.9. The molecule has 2 aromatic rings. The lowest BCUT2D eigenvalue weighted by atomic mass is 9.96. The zero-order chi connectivity index (χ0) is 24.7. The second-order valence-electron chi connectivity index (χ2n) is 8.93. The number of carbonyl (C=O) groups is 1. The number of aromatic nitrogens is 1. The van der Waals surface area contributed by atoms with Gasteiger partial charge in [-0.15, -0.1) is 0 Å². The summed E-state index contributed by atoms with van der Waals surface area (Å²) >= 11 is 3.48. The van der Waals surface area contributed by atoms with Crippen molar-refractivity contribution < 1.29 is 13.7 Å². The first-order valence-corrected chi connectivity index (χ1v) is 13.5. The number of anilines is 1. The van der Waals surface area contributed by atoms with Gasteiger partial charge in [-0.1, -0.05) is 15.9 Å². The van der Waals surface area contributed by atoms with E-state index in [0.717, 1.165) is 53.0 Å². The van der Waals surface area contributed by atoms with E-state index >= 15 is 0 Å². The molecule has 1 atom stereocenters. The number of nitrogens with zero attached hydrogens (tertiary/aromatic N) is 4. The molecule has 3 rings (SSSR count). The van der Waals surface area contributed by atoms with Gasteiger partial charge in [-0.3, -0.25) is 9.78 Å². The maximum atomic E-state index is 13.0. The minimum Gasteiger partial charge on any atom is -0.371 e. The number of carbonyl (C=O) groups excluding carboxylic acids is 1. The van der Waals surface area contributed by atoms with E-state index in [1.807, 2.05) is 64.6 Å². The number of piperidine rings is 1. The van der Waals surface area contributed by atoms with Crippen molar-refractivity contribution >= 4 is 38.5 Å². The molecule has 1 aromatic carbocycles. The number of amides is 1. The van der Waals surface area contributed by atoms with Crippen molar-refractivity contribution in [1.82, 2.24) is 14.2 Å². The fraction of sp³-hybridized carbons (Fsp3) is 0.520. The summed E-state index contributed by atoms with van der Waals surface area (Å²) in [6.07, 6.45) is 5.77. The number of aryl methyl sites for hydroxylation is 2. The molecular formula is C25H35BrN4O3S. The molecule has 1 amide bonds. The third-order valence-electron chi connectivity index (χ3n) is 6.26. The Balaban J connectivity index is 1.36. The summed E-state index contributed by atoms with van der Waals surface area (Å²) in [7, 11) is 2.39. The predicted octanol–water partition coefficient (Wildman–Crippen LogP) is 3.81. The van der Waals surface area contributed by atoms with Crippen LogP contribution < -0.4 is 4.90 Å². The Labute approximate surface area is 214 Å². The smallest absolute Gasteiger partial charge is 0.248 e. The zero-order valence-electron chi connectivity index (χ0n) is 20.5. The molecule has 0 saturated carbocycles. The quantitative estimate of drug-likeness (QED) is 0.421. The second-order valence-corrected chi connectivity index (χ2v) is 11.4. The van der Waals surface area contributed by atoms with Crippen LogP contribution >= 0.6 is 15.9 Å². The number of likely N-dealkylation sites (N-methyl/N-ethyl adjacent to an activating group) is 2. The van der Waals surface area contributed by atoms with Crippen LogP contribution in [0, 0.1) is 19.8 Å². The normalized spacial score (nSPS) is 15.5. The van der Waals surface area contributed by atoms with Gasteiger partial charge in [0.2, 0.25) is 5.91 Å². The summed E-state index contributed by atoms with van der Waals surface area (Å²) in [5.74, 6) is 0.484. The topological polar surface area (TPSA) is 66.0 Å². The summed E-state index contributed by atoms with van der Waals surface area (Å²) in [6, 6.07) is 8.03. The number of pyridine rings is 1. The molecular weight excluding hydrogens is 516 g/mol.